The predicted octanol–water partition coefficient (Wildman–Crippen LogP) is -6.76. The molecule has 0 spiro atoms. The van der Waals surface area contributed by atoms with Gasteiger partial charge in [-0.25, -0.2) is 9.59 Å². The highest BCUT2D eigenvalue weighted by Crippen LogP contribution is 2.27. The van der Waals surface area contributed by atoms with Crippen LogP contribution < -0.4 is 147 Å². The maximum absolute atomic E-state index is 16.0. The molecule has 0 aromatic heterocycles. The average molecular weight is 2040 g/mol. The number of benzene rings is 4. The van der Waals surface area contributed by atoms with Gasteiger partial charge in [-0.15, -0.1) is 0 Å². The number of unbranched alkanes of at least 4 members (excludes halogenated alkanes) is 1. The van der Waals surface area contributed by atoms with Crippen LogP contribution >= 0.6 is 21.6 Å². The highest BCUT2D eigenvalue weighted by Gasteiger charge is 2.43. The number of nitrogens with one attached hydrogen (secondary N) is 22. The monoisotopic (exact) mass is 2040 g/mol. The first-order chi connectivity index (χ1) is 68.1. The topological polar surface area (TPSA) is 900 Å². The Bertz CT molecular complexity index is 5050. The van der Waals surface area contributed by atoms with E-state index in [0.717, 1.165) is 31.9 Å². The molecule has 784 valence electrons. The molecule has 2 aliphatic heterocycles. The lowest BCUT2D eigenvalue weighted by Gasteiger charge is -2.31. The van der Waals surface area contributed by atoms with Crippen LogP contribution in [-0.2, 0) is 91.2 Å². The van der Waals surface area contributed by atoms with E-state index in [1.165, 1.54) is 48.5 Å². The zero-order chi connectivity index (χ0) is 105. The third kappa shape index (κ3) is 43.3. The third-order valence-electron chi connectivity index (χ3n) is 22.8. The molecule has 2 aliphatic rings. The maximum Gasteiger partial charge on any atom is 0.312 e. The van der Waals surface area contributed by atoms with Gasteiger partial charge in [-0.05, 0) is 174 Å². The van der Waals surface area contributed by atoms with Gasteiger partial charge in [0.15, 0.2) is 23.8 Å². The normalized spacial score (nSPS) is 20.2. The summed E-state index contributed by atoms with van der Waals surface area (Å²) in [7, 11) is 1.45. The molecule has 0 saturated carbocycles. The third-order valence-corrected chi connectivity index (χ3v) is 25.3. The van der Waals surface area contributed by atoms with Crippen molar-refractivity contribution in [3.63, 3.8) is 0 Å². The van der Waals surface area contributed by atoms with E-state index in [0.29, 0.717) is 16.5 Å². The number of aliphatic carboxylic acids is 1. The number of amides is 18. The number of nitrogens with zero attached hydrogens (tertiary/aromatic N) is 1. The minimum atomic E-state index is -1.95. The second-order valence-electron chi connectivity index (χ2n) is 34.1. The van der Waals surface area contributed by atoms with Crippen LogP contribution in [0.2, 0.25) is 0 Å². The number of carboxylic acids is 1. The minimum absolute atomic E-state index is 0.000234. The Morgan fingerprint density at radius 3 is 1.34 bits per heavy atom. The van der Waals surface area contributed by atoms with Gasteiger partial charge in [0.25, 0.3) is 0 Å². The highest BCUT2D eigenvalue weighted by atomic mass is 33.1. The Labute approximate surface area is 832 Å². The number of nitrogens with two attached hydrogens (primary N) is 9. The van der Waals surface area contributed by atoms with E-state index >= 15 is 57.5 Å². The lowest BCUT2D eigenvalue weighted by molar-refractivity contribution is -0.143. The van der Waals surface area contributed by atoms with Crippen LogP contribution in [0, 0.1) is 21.6 Å². The summed E-state index contributed by atoms with van der Waals surface area (Å²) < 4.78 is 0. The maximum atomic E-state index is 16.0. The van der Waals surface area contributed by atoms with Crippen molar-refractivity contribution in [1.82, 2.24) is 101 Å². The molecule has 0 aliphatic carbocycles. The number of carbonyl (C=O) groups is 17. The number of carbonyl (C=O) groups excluding carboxylic acids is 16. The molecule has 14 atom stereocenters. The van der Waals surface area contributed by atoms with Crippen LogP contribution in [0.15, 0.2) is 91.0 Å². The summed E-state index contributed by atoms with van der Waals surface area (Å²) in [6, 6.07) is -2.59. The van der Waals surface area contributed by atoms with Crippen molar-refractivity contribution < 1.29 is 96.8 Å². The van der Waals surface area contributed by atoms with E-state index in [1.54, 1.807) is 36.4 Å². The molecule has 52 nitrogen and oxygen atoms in total. The Kier molecular flexibility index (Phi) is 50.3. The summed E-state index contributed by atoms with van der Waals surface area (Å²) in [5.74, 6) is -19.8. The Balaban J connectivity index is 1.61. The summed E-state index contributed by atoms with van der Waals surface area (Å²) in [5, 5.41) is 110. The lowest BCUT2D eigenvalue weighted by Crippen LogP contribution is -2.61. The molecule has 54 heteroatoms. The predicted molar refractivity (Wildman–Crippen MR) is 531 cm³/mol. The standard InChI is InChI=1S/C89H136N32O20S2/c90-34-4-3-15-57-73(129)115-62(20-10-40-108-89(102)141)83(139)121-41-11-21-68(121)82(138)118-64(44-49-25-30-54(123)31-26-49)78(134)113-59(18-8-38-106-87(99)100)72(128)112-60(19-9-39-107-88(101)140)75(131)119-66(80(136)109-56(70(92)126)16-6-36-104-85(95)96)46-142-143-47-67(81(137)117-63(43-48-23-28-53(122)29-24-48)77(133)114-61(76(132)111-57)32-33-69(124)125)120-79(135)65(45-50-22-27-51-12-1-2-13-52(51)42-50)116-74(130)58(17-7-37-105-86(97)98)110-71(127)55(91)14-5-35-103-84(93)94/h1-2,12-13,22-31,42,55-68,122-123H,3-11,14-21,32-41,43-47,90-91H2,(H2,92,126)(H,109,136)(H,110,127)(H,111,132)(H,112,128)(H,113,134)(H,114,133)(H,115,129)(H,116,130)(H,117,137)(H,118,138)(H,119,131)(H,120,135)(H,124,125)(H4,93,94,103)(H4,95,96,104)(H4,97,98,105)(H4,99,100,106)(H3,101,107,140)(H3,102,108,141)/t55-,56-,57-,58-,59-,60-,61-,62+,63-,64-,65-,66-,67-,68-/m0/s1. The van der Waals surface area contributed by atoms with Gasteiger partial charge < -0.3 is 168 Å². The van der Waals surface area contributed by atoms with Crippen molar-refractivity contribution in [2.45, 2.75) is 226 Å². The number of primary amides is 3. The first kappa shape index (κ1) is 117. The van der Waals surface area contributed by atoms with Gasteiger partial charge in [0.2, 0.25) is 82.7 Å². The molecule has 2 heterocycles. The minimum Gasteiger partial charge on any atom is -0.508 e. The first-order valence-corrected chi connectivity index (χ1v) is 49.1. The van der Waals surface area contributed by atoms with E-state index in [-0.39, 0.29) is 191 Å². The number of phenols is 2. The second kappa shape index (κ2) is 61.6. The quantitative estimate of drug-likeness (QED) is 0.00846. The number of guanidine groups is 4. The molecule has 4 aromatic carbocycles. The first-order valence-electron chi connectivity index (χ1n) is 46.7. The second-order valence-corrected chi connectivity index (χ2v) is 36.7. The van der Waals surface area contributed by atoms with Gasteiger partial charge in [0.05, 0.1) is 6.04 Å². The Hall–Kier alpha value is -15.0. The van der Waals surface area contributed by atoms with Crippen molar-refractivity contribution >= 4 is 157 Å². The van der Waals surface area contributed by atoms with Crippen LogP contribution in [0.5, 0.6) is 11.5 Å². The number of fused-ring (bicyclic) bond motifs is 2. The fourth-order valence-corrected chi connectivity index (χ4v) is 17.6. The van der Waals surface area contributed by atoms with Crippen LogP contribution in [0.4, 0.5) is 9.59 Å². The zero-order valence-corrected chi connectivity index (χ0v) is 80.7. The summed E-state index contributed by atoms with van der Waals surface area (Å²) in [6.45, 7) is -0.450. The molecular formula is C89H136N32O20S2. The summed E-state index contributed by atoms with van der Waals surface area (Å²) in [5.41, 5.74) is 52.2. The molecule has 4 aromatic rings. The van der Waals surface area contributed by atoms with Crippen molar-refractivity contribution in [2.75, 3.05) is 63.9 Å². The number of aromatic hydroxyl groups is 2. The number of rotatable bonds is 46. The molecule has 0 bridgehead atoms. The molecule has 143 heavy (non-hydrogen) atoms. The van der Waals surface area contributed by atoms with Crippen LogP contribution in [-0.4, -0.2) is 293 Å². The van der Waals surface area contributed by atoms with E-state index < -0.39 is 240 Å². The SMILES string of the molecule is N=C(N)NCCC[C@H](NC(=O)[C@@H]1CSSC[C@H](NC(=O)[C@H](Cc2ccc3ccccc3c2)NC(=O)[C@H](CCCNC(=N)N)NC(=O)[C@@H](N)CCCNC(=N)N)C(=O)N[C@@H](Cc2ccc(O)cc2)C(=O)N[C@@H](CCC(=O)O)C(=O)N[C@@H](CCCCN)C(=O)N[C@H](CCCNC(N)=O)C(=O)N2CCC[C@H]2C(=O)N[C@@H](Cc2ccc(O)cc2)C(=O)N[C@@H](CCCNC(=N)N)C(=O)N[C@@H](CCCNC(N)=O)C(=O)N1)C(N)=O. The Morgan fingerprint density at radius 2 is 0.846 bits per heavy atom. The van der Waals surface area contributed by atoms with E-state index in [1.807, 2.05) is 6.07 Å². The molecule has 0 radical (unpaired) electrons. The molecule has 2 fully saturated rings. The van der Waals surface area contributed by atoms with Gasteiger partial charge in [-0.2, -0.15) is 0 Å². The van der Waals surface area contributed by atoms with Crippen molar-refractivity contribution in [2.24, 2.45) is 51.6 Å². The van der Waals surface area contributed by atoms with Crippen molar-refractivity contribution in [1.29, 1.82) is 21.6 Å². The van der Waals surface area contributed by atoms with Crippen molar-refractivity contribution in [3.8, 4) is 11.5 Å². The van der Waals surface area contributed by atoms with Gasteiger partial charge in [-0.3, -0.25) is 93.6 Å². The molecule has 2 saturated heterocycles. The van der Waals surface area contributed by atoms with Gasteiger partial charge in [-0.1, -0.05) is 88.3 Å². The molecule has 18 amide bonds. The van der Waals surface area contributed by atoms with Gasteiger partial charge in [0, 0.05) is 83.0 Å². The van der Waals surface area contributed by atoms with E-state index in [4.69, 9.17) is 73.2 Å². The van der Waals surface area contributed by atoms with Crippen LogP contribution in [0.25, 0.3) is 10.8 Å². The number of carboxylic acid groups (broad SMARTS) is 1. The summed E-state index contributed by atoms with van der Waals surface area (Å²) in [4.78, 5) is 250. The zero-order valence-electron chi connectivity index (χ0n) is 79.1. The van der Waals surface area contributed by atoms with Gasteiger partial charge in [0.1, 0.15) is 90.0 Å². The lowest BCUT2D eigenvalue weighted by atomic mass is 10.00. The van der Waals surface area contributed by atoms with E-state index in [2.05, 4.69) is 95.7 Å². The largest absolute Gasteiger partial charge is 0.508 e. The highest BCUT2D eigenvalue weighted by molar-refractivity contribution is 8.76. The number of phenolic OH excluding ortho intramolecular Hbond substituents is 2. The smallest absolute Gasteiger partial charge is 0.312 e. The fourth-order valence-electron chi connectivity index (χ4n) is 15.3. The fraction of sp³-hybridized carbons (Fsp3) is 0.517. The van der Waals surface area contributed by atoms with Crippen LogP contribution in [0.3, 0.4) is 0 Å². The van der Waals surface area contributed by atoms with Crippen molar-refractivity contribution in [3.05, 3.63) is 108 Å². The number of hydrogen-bond acceptors (Lipinski definition) is 27. The van der Waals surface area contributed by atoms with E-state index in [9.17, 15) is 39.3 Å². The average Bonchev–Trinajstić information content (AvgIpc) is 1.74. The van der Waals surface area contributed by atoms with Crippen LogP contribution in [0.1, 0.15) is 139 Å². The number of hydrogen-bond donors (Lipinski definition) is 34. The number of urea groups is 2. The molecular weight excluding hydrogens is 1900 g/mol. The molecule has 43 N–H and O–H groups in total. The summed E-state index contributed by atoms with van der Waals surface area (Å²) >= 11 is 0. The van der Waals surface area contributed by atoms with Gasteiger partial charge >= 0.3 is 18.0 Å². The molecule has 0 unspecified atom stereocenters. The summed E-state index contributed by atoms with van der Waals surface area (Å²) in [6.07, 6.45) is -4.01. The molecule has 6 rings (SSSR count). The Morgan fingerprint density at radius 1 is 0.427 bits per heavy atom.